The van der Waals surface area contributed by atoms with Gasteiger partial charge in [-0.25, -0.2) is 0 Å². The Labute approximate surface area is 84.1 Å². The Morgan fingerprint density at radius 3 is 2.86 bits per heavy atom. The van der Waals surface area contributed by atoms with E-state index in [0.717, 1.165) is 13.0 Å². The highest BCUT2D eigenvalue weighted by Crippen LogP contribution is 2.12. The Kier molecular flexibility index (Phi) is 4.31. The second kappa shape index (κ2) is 5.29. The van der Waals surface area contributed by atoms with Crippen LogP contribution >= 0.6 is 0 Å². The van der Waals surface area contributed by atoms with Crippen molar-refractivity contribution < 1.29 is 14.3 Å². The molecule has 1 aliphatic rings. The van der Waals surface area contributed by atoms with Crippen molar-refractivity contribution in [1.82, 2.24) is 4.90 Å². The van der Waals surface area contributed by atoms with Crippen LogP contribution in [0.1, 0.15) is 6.42 Å². The molecule has 1 aliphatic heterocycles. The monoisotopic (exact) mass is 202 g/mol. The van der Waals surface area contributed by atoms with Crippen molar-refractivity contribution in [3.8, 4) is 0 Å². The molecule has 0 spiro atoms. The average Bonchev–Trinajstić information content (AvgIpc) is 2.65. The van der Waals surface area contributed by atoms with E-state index in [4.69, 9.17) is 15.2 Å². The van der Waals surface area contributed by atoms with Crippen LogP contribution in [0.15, 0.2) is 0 Å². The van der Waals surface area contributed by atoms with Crippen LogP contribution < -0.4 is 5.73 Å². The molecular formula is C9H18N2O3. The lowest BCUT2D eigenvalue weighted by Gasteiger charge is -2.20. The number of hydrogen-bond acceptors (Lipinski definition) is 4. The van der Waals surface area contributed by atoms with E-state index in [-0.39, 0.29) is 18.6 Å². The molecule has 2 N–H and O–H groups in total. The number of ether oxygens (including phenoxy) is 2. The first-order chi connectivity index (χ1) is 6.69. The van der Waals surface area contributed by atoms with Gasteiger partial charge in [-0.05, 0) is 6.42 Å². The predicted octanol–water partition coefficient (Wildman–Crippen LogP) is -0.793. The third-order valence-electron chi connectivity index (χ3n) is 2.45. The summed E-state index contributed by atoms with van der Waals surface area (Å²) in [6.07, 6.45) is 1.05. The van der Waals surface area contributed by atoms with Gasteiger partial charge in [0.1, 0.15) is 6.04 Å². The molecule has 0 saturated carbocycles. The topological polar surface area (TPSA) is 64.8 Å². The lowest BCUT2D eigenvalue weighted by atomic mass is 10.3. The number of carbonyl (C=O) groups is 1. The summed E-state index contributed by atoms with van der Waals surface area (Å²) in [5.74, 6) is -0.0496. The minimum Gasteiger partial charge on any atom is -0.383 e. The van der Waals surface area contributed by atoms with Crippen LogP contribution in [0.5, 0.6) is 0 Å². The number of rotatable bonds is 4. The first-order valence-corrected chi connectivity index (χ1v) is 4.75. The summed E-state index contributed by atoms with van der Waals surface area (Å²) in [7, 11) is 3.20. The molecular weight excluding hydrogens is 184 g/mol. The molecule has 1 unspecified atom stereocenters. The first kappa shape index (κ1) is 11.4. The van der Waals surface area contributed by atoms with Crippen LogP contribution in [0.2, 0.25) is 0 Å². The molecule has 1 amide bonds. The highest BCUT2D eigenvalue weighted by atomic mass is 16.5. The molecule has 0 radical (unpaired) electrons. The van der Waals surface area contributed by atoms with E-state index >= 15 is 0 Å². The van der Waals surface area contributed by atoms with Gasteiger partial charge in [0, 0.05) is 27.3 Å². The van der Waals surface area contributed by atoms with Gasteiger partial charge in [0.25, 0.3) is 0 Å². The zero-order chi connectivity index (χ0) is 10.6. The maximum atomic E-state index is 11.7. The summed E-state index contributed by atoms with van der Waals surface area (Å²) in [6, 6.07) is -0.546. The van der Waals surface area contributed by atoms with Crippen molar-refractivity contribution in [3.05, 3.63) is 0 Å². The quantitative estimate of drug-likeness (QED) is 0.648. The third kappa shape index (κ3) is 2.67. The average molecular weight is 202 g/mol. The van der Waals surface area contributed by atoms with Gasteiger partial charge in [-0.15, -0.1) is 0 Å². The Morgan fingerprint density at radius 2 is 2.36 bits per heavy atom. The number of likely N-dealkylation sites (tertiary alicyclic amines) is 1. The van der Waals surface area contributed by atoms with Gasteiger partial charge in [-0.3, -0.25) is 4.79 Å². The normalized spacial score (nSPS) is 23.9. The number of hydrogen-bond donors (Lipinski definition) is 1. The van der Waals surface area contributed by atoms with Gasteiger partial charge in [0.05, 0.1) is 12.7 Å². The van der Waals surface area contributed by atoms with E-state index in [1.165, 1.54) is 7.11 Å². The first-order valence-electron chi connectivity index (χ1n) is 4.75. The number of nitrogens with zero attached hydrogens (tertiary/aromatic N) is 1. The van der Waals surface area contributed by atoms with Gasteiger partial charge in [0.15, 0.2) is 0 Å². The van der Waals surface area contributed by atoms with E-state index < -0.39 is 6.04 Å². The molecule has 82 valence electrons. The van der Waals surface area contributed by atoms with E-state index in [0.29, 0.717) is 6.54 Å². The molecule has 5 heteroatoms. The lowest BCUT2D eigenvalue weighted by molar-refractivity contribution is -0.133. The second-order valence-corrected chi connectivity index (χ2v) is 3.49. The molecule has 5 nitrogen and oxygen atoms in total. The largest absolute Gasteiger partial charge is 0.383 e. The van der Waals surface area contributed by atoms with Crippen LogP contribution in [-0.4, -0.2) is 56.9 Å². The predicted molar refractivity (Wildman–Crippen MR) is 51.8 cm³/mol. The molecule has 0 aliphatic carbocycles. The van der Waals surface area contributed by atoms with Crippen molar-refractivity contribution in [2.24, 2.45) is 5.73 Å². The molecule has 1 heterocycles. The van der Waals surface area contributed by atoms with Crippen molar-refractivity contribution in [2.45, 2.75) is 18.6 Å². The summed E-state index contributed by atoms with van der Waals surface area (Å²) < 4.78 is 10.00. The molecule has 1 fully saturated rings. The second-order valence-electron chi connectivity index (χ2n) is 3.49. The van der Waals surface area contributed by atoms with Crippen LogP contribution in [0.4, 0.5) is 0 Å². The van der Waals surface area contributed by atoms with Crippen molar-refractivity contribution >= 4 is 5.91 Å². The summed E-state index contributed by atoms with van der Waals surface area (Å²) in [5.41, 5.74) is 5.64. The van der Waals surface area contributed by atoms with Crippen molar-refractivity contribution in [1.29, 1.82) is 0 Å². The summed E-state index contributed by atoms with van der Waals surface area (Å²) in [6.45, 7) is 1.65. The van der Waals surface area contributed by atoms with Crippen LogP contribution in [0, 0.1) is 0 Å². The Bertz CT molecular complexity index is 198. The van der Waals surface area contributed by atoms with Gasteiger partial charge in [0.2, 0.25) is 5.91 Å². The van der Waals surface area contributed by atoms with E-state index in [2.05, 4.69) is 0 Å². The molecule has 0 aromatic rings. The highest BCUT2D eigenvalue weighted by Gasteiger charge is 2.28. The number of methoxy groups -OCH3 is 2. The zero-order valence-corrected chi connectivity index (χ0v) is 8.73. The van der Waals surface area contributed by atoms with Gasteiger partial charge in [-0.1, -0.05) is 0 Å². The molecule has 1 saturated heterocycles. The maximum absolute atomic E-state index is 11.7. The minimum absolute atomic E-state index is 0.0496. The fourth-order valence-electron chi connectivity index (χ4n) is 1.61. The van der Waals surface area contributed by atoms with Gasteiger partial charge < -0.3 is 20.1 Å². The number of nitrogens with two attached hydrogens (primary N) is 1. The van der Waals surface area contributed by atoms with E-state index in [9.17, 15) is 4.79 Å². The van der Waals surface area contributed by atoms with Crippen LogP contribution in [-0.2, 0) is 14.3 Å². The Balaban J connectivity index is 2.38. The zero-order valence-electron chi connectivity index (χ0n) is 8.73. The molecule has 14 heavy (non-hydrogen) atoms. The summed E-state index contributed by atoms with van der Waals surface area (Å²) in [5, 5.41) is 0. The Morgan fingerprint density at radius 1 is 1.64 bits per heavy atom. The molecule has 0 bridgehead atoms. The lowest BCUT2D eigenvalue weighted by Crippen LogP contribution is -2.45. The molecule has 0 aromatic heterocycles. The van der Waals surface area contributed by atoms with Crippen molar-refractivity contribution in [2.75, 3.05) is 33.9 Å². The summed E-state index contributed by atoms with van der Waals surface area (Å²) in [4.78, 5) is 13.4. The maximum Gasteiger partial charge on any atom is 0.241 e. The third-order valence-corrected chi connectivity index (χ3v) is 2.45. The van der Waals surface area contributed by atoms with Gasteiger partial charge in [-0.2, -0.15) is 0 Å². The molecule has 0 aromatic carbocycles. The number of amides is 1. The van der Waals surface area contributed by atoms with E-state index in [1.807, 2.05) is 0 Å². The minimum atomic E-state index is -0.546. The Hall–Kier alpha value is -0.650. The van der Waals surface area contributed by atoms with Crippen LogP contribution in [0.3, 0.4) is 0 Å². The highest BCUT2D eigenvalue weighted by molar-refractivity contribution is 5.82. The van der Waals surface area contributed by atoms with Crippen LogP contribution in [0.25, 0.3) is 0 Å². The standard InChI is InChI=1S/C9H18N2O3/c1-13-6-8(10)9(12)11-4-3-7(5-11)14-2/h7-8H,3-6,10H2,1-2H3/t7-,8?/m0/s1. The fraction of sp³-hybridized carbons (Fsp3) is 0.889. The SMILES string of the molecule is COCC(N)C(=O)N1CC[C@H](OC)C1. The smallest absolute Gasteiger partial charge is 0.241 e. The van der Waals surface area contributed by atoms with E-state index in [1.54, 1.807) is 12.0 Å². The summed E-state index contributed by atoms with van der Waals surface area (Å²) >= 11 is 0. The van der Waals surface area contributed by atoms with Crippen molar-refractivity contribution in [3.63, 3.8) is 0 Å². The molecule has 2 atom stereocenters. The fourth-order valence-corrected chi connectivity index (χ4v) is 1.61. The number of carbonyl (C=O) groups excluding carboxylic acids is 1. The van der Waals surface area contributed by atoms with Gasteiger partial charge >= 0.3 is 0 Å². The molecule has 1 rings (SSSR count).